The van der Waals surface area contributed by atoms with Crippen LogP contribution in [-0.4, -0.2) is 6.04 Å². The number of halogens is 1. The molecule has 3 rings (SSSR count). The van der Waals surface area contributed by atoms with E-state index >= 15 is 0 Å². The highest BCUT2D eigenvalue weighted by Gasteiger charge is 2.21. The van der Waals surface area contributed by atoms with Gasteiger partial charge in [0, 0.05) is 11.4 Å². The lowest BCUT2D eigenvalue weighted by molar-refractivity contribution is 0.494. The molecule has 2 nitrogen and oxygen atoms in total. The Labute approximate surface area is 93.4 Å². The van der Waals surface area contributed by atoms with Gasteiger partial charge >= 0.3 is 0 Å². The van der Waals surface area contributed by atoms with Crippen LogP contribution in [0.15, 0.2) is 22.6 Å². The second-order valence-corrected chi connectivity index (χ2v) is 4.47. The monoisotopic (exact) mass is 219 g/mol. The van der Waals surface area contributed by atoms with Crippen molar-refractivity contribution in [2.45, 2.75) is 32.4 Å². The van der Waals surface area contributed by atoms with Crippen LogP contribution in [-0.2, 0) is 6.54 Å². The van der Waals surface area contributed by atoms with Gasteiger partial charge in [-0.25, -0.2) is 4.39 Å². The van der Waals surface area contributed by atoms with Crippen molar-refractivity contribution in [3.8, 4) is 0 Å². The average Bonchev–Trinajstić information content (AvgIpc) is 2.99. The summed E-state index contributed by atoms with van der Waals surface area (Å²) in [6, 6.07) is 5.81. The number of rotatable bonds is 3. The maximum atomic E-state index is 13.5. The Hall–Kier alpha value is -1.35. The van der Waals surface area contributed by atoms with Gasteiger partial charge in [-0.2, -0.15) is 0 Å². The molecule has 1 aromatic heterocycles. The standard InChI is InChI=1S/C13H14FNO/c1-8-2-5-12(14)13-11(8)6-10(16-13)7-15-9-3-4-9/h2,5-6,9,15H,3-4,7H2,1H3. The van der Waals surface area contributed by atoms with Crippen molar-refractivity contribution in [3.05, 3.63) is 35.3 Å². The molecule has 3 heteroatoms. The van der Waals surface area contributed by atoms with Crippen molar-refractivity contribution < 1.29 is 8.81 Å². The van der Waals surface area contributed by atoms with Gasteiger partial charge in [0.2, 0.25) is 0 Å². The summed E-state index contributed by atoms with van der Waals surface area (Å²) in [6.45, 7) is 2.66. The van der Waals surface area contributed by atoms with Gasteiger partial charge in [0.05, 0.1) is 6.54 Å². The largest absolute Gasteiger partial charge is 0.457 e. The number of hydrogen-bond acceptors (Lipinski definition) is 2. The van der Waals surface area contributed by atoms with Crippen LogP contribution >= 0.6 is 0 Å². The first-order valence-electron chi connectivity index (χ1n) is 5.65. The molecule has 84 valence electrons. The molecule has 0 spiro atoms. The minimum atomic E-state index is -0.279. The number of hydrogen-bond donors (Lipinski definition) is 1. The molecular formula is C13H14FNO. The zero-order valence-electron chi connectivity index (χ0n) is 9.22. The Kier molecular flexibility index (Phi) is 2.21. The molecule has 1 heterocycles. The summed E-state index contributed by atoms with van der Waals surface area (Å²) < 4.78 is 19.0. The number of furan rings is 1. The van der Waals surface area contributed by atoms with Crippen LogP contribution in [0, 0.1) is 12.7 Å². The van der Waals surface area contributed by atoms with E-state index in [9.17, 15) is 4.39 Å². The second kappa shape index (κ2) is 3.59. The highest BCUT2D eigenvalue weighted by Crippen LogP contribution is 2.26. The van der Waals surface area contributed by atoms with Gasteiger partial charge in [0.15, 0.2) is 11.4 Å². The molecule has 1 saturated carbocycles. The third-order valence-electron chi connectivity index (χ3n) is 3.05. The molecule has 0 amide bonds. The number of benzene rings is 1. The van der Waals surface area contributed by atoms with E-state index in [0.717, 1.165) is 16.7 Å². The Morgan fingerprint density at radius 3 is 2.94 bits per heavy atom. The zero-order valence-corrected chi connectivity index (χ0v) is 9.22. The maximum absolute atomic E-state index is 13.5. The SMILES string of the molecule is Cc1ccc(F)c2oc(CNC3CC3)cc12. The summed E-state index contributed by atoms with van der Waals surface area (Å²) in [4.78, 5) is 0. The average molecular weight is 219 g/mol. The summed E-state index contributed by atoms with van der Waals surface area (Å²) in [6.07, 6.45) is 2.49. The van der Waals surface area contributed by atoms with Gasteiger partial charge < -0.3 is 9.73 Å². The number of nitrogens with one attached hydrogen (secondary N) is 1. The Bertz CT molecular complexity index is 489. The van der Waals surface area contributed by atoms with Crippen LogP contribution in [0.4, 0.5) is 4.39 Å². The van der Waals surface area contributed by atoms with Gasteiger partial charge in [-0.15, -0.1) is 0 Å². The number of aryl methyl sites for hydroxylation is 1. The molecule has 1 aliphatic rings. The Morgan fingerprint density at radius 2 is 2.25 bits per heavy atom. The highest BCUT2D eigenvalue weighted by atomic mass is 19.1. The lowest BCUT2D eigenvalue weighted by Gasteiger charge is -1.97. The molecule has 1 fully saturated rings. The van der Waals surface area contributed by atoms with Crippen LogP contribution in [0.25, 0.3) is 11.0 Å². The molecule has 0 unspecified atom stereocenters. The van der Waals surface area contributed by atoms with Crippen LogP contribution in [0.2, 0.25) is 0 Å². The fourth-order valence-corrected chi connectivity index (χ4v) is 1.90. The Balaban J connectivity index is 1.94. The fraction of sp³-hybridized carbons (Fsp3) is 0.385. The van der Waals surface area contributed by atoms with Crippen molar-refractivity contribution >= 4 is 11.0 Å². The van der Waals surface area contributed by atoms with E-state index in [1.165, 1.54) is 18.9 Å². The third kappa shape index (κ3) is 1.71. The fourth-order valence-electron chi connectivity index (χ4n) is 1.90. The van der Waals surface area contributed by atoms with E-state index in [2.05, 4.69) is 5.32 Å². The van der Waals surface area contributed by atoms with Crippen LogP contribution in [0.1, 0.15) is 24.2 Å². The summed E-state index contributed by atoms with van der Waals surface area (Å²) in [5.41, 5.74) is 1.44. The minimum Gasteiger partial charge on any atom is -0.457 e. The summed E-state index contributed by atoms with van der Waals surface area (Å²) in [5, 5.41) is 4.24. The van der Waals surface area contributed by atoms with Crippen molar-refractivity contribution in [2.75, 3.05) is 0 Å². The van der Waals surface area contributed by atoms with Crippen molar-refractivity contribution in [3.63, 3.8) is 0 Å². The van der Waals surface area contributed by atoms with Gasteiger partial charge in [-0.3, -0.25) is 0 Å². The lowest BCUT2D eigenvalue weighted by atomic mass is 10.1. The molecule has 1 aliphatic carbocycles. The Morgan fingerprint density at radius 1 is 1.44 bits per heavy atom. The molecule has 0 saturated heterocycles. The van der Waals surface area contributed by atoms with E-state index in [0.29, 0.717) is 18.2 Å². The molecule has 1 aromatic carbocycles. The van der Waals surface area contributed by atoms with E-state index in [1.54, 1.807) is 6.07 Å². The van der Waals surface area contributed by atoms with Crippen molar-refractivity contribution in [1.82, 2.24) is 5.32 Å². The summed E-state index contributed by atoms with van der Waals surface area (Å²) in [7, 11) is 0. The lowest BCUT2D eigenvalue weighted by Crippen LogP contribution is -2.14. The van der Waals surface area contributed by atoms with E-state index < -0.39 is 0 Å². The minimum absolute atomic E-state index is 0.279. The first-order chi connectivity index (χ1) is 7.74. The van der Waals surface area contributed by atoms with E-state index in [1.807, 2.05) is 13.0 Å². The first kappa shape index (κ1) is 9.85. The molecule has 0 bridgehead atoms. The molecule has 16 heavy (non-hydrogen) atoms. The molecule has 1 N–H and O–H groups in total. The molecule has 0 aliphatic heterocycles. The highest BCUT2D eigenvalue weighted by molar-refractivity contribution is 5.82. The van der Waals surface area contributed by atoms with Crippen molar-refractivity contribution in [1.29, 1.82) is 0 Å². The van der Waals surface area contributed by atoms with Gasteiger partial charge in [0.25, 0.3) is 0 Å². The van der Waals surface area contributed by atoms with E-state index in [4.69, 9.17) is 4.42 Å². The normalized spacial score (nSPS) is 15.9. The van der Waals surface area contributed by atoms with Gasteiger partial charge in [-0.1, -0.05) is 6.07 Å². The topological polar surface area (TPSA) is 25.2 Å². The third-order valence-corrected chi connectivity index (χ3v) is 3.05. The van der Waals surface area contributed by atoms with Crippen LogP contribution < -0.4 is 5.32 Å². The second-order valence-electron chi connectivity index (χ2n) is 4.47. The maximum Gasteiger partial charge on any atom is 0.170 e. The van der Waals surface area contributed by atoms with Gasteiger partial charge in [0.1, 0.15) is 5.76 Å². The predicted octanol–water partition coefficient (Wildman–Crippen LogP) is 3.13. The van der Waals surface area contributed by atoms with Crippen LogP contribution in [0.5, 0.6) is 0 Å². The van der Waals surface area contributed by atoms with Crippen LogP contribution in [0.3, 0.4) is 0 Å². The first-order valence-corrected chi connectivity index (χ1v) is 5.65. The number of fused-ring (bicyclic) bond motifs is 1. The molecule has 0 atom stereocenters. The molecule has 2 aromatic rings. The molecule has 0 radical (unpaired) electrons. The predicted molar refractivity (Wildman–Crippen MR) is 60.8 cm³/mol. The summed E-state index contributed by atoms with van der Waals surface area (Å²) in [5.74, 6) is 0.536. The molecular weight excluding hydrogens is 205 g/mol. The summed E-state index contributed by atoms with van der Waals surface area (Å²) >= 11 is 0. The van der Waals surface area contributed by atoms with E-state index in [-0.39, 0.29) is 5.82 Å². The smallest absolute Gasteiger partial charge is 0.170 e. The quantitative estimate of drug-likeness (QED) is 0.858. The van der Waals surface area contributed by atoms with Gasteiger partial charge in [-0.05, 0) is 37.5 Å². The zero-order chi connectivity index (χ0) is 11.1. The van der Waals surface area contributed by atoms with Crippen molar-refractivity contribution in [2.24, 2.45) is 0 Å².